The number of carbonyl (C=O) groups is 1. The van der Waals surface area contributed by atoms with Gasteiger partial charge in [-0.05, 0) is 36.8 Å². The van der Waals surface area contributed by atoms with Crippen LogP contribution in [0.5, 0.6) is 5.75 Å². The molecule has 28 heavy (non-hydrogen) atoms. The van der Waals surface area contributed by atoms with Gasteiger partial charge in [-0.3, -0.25) is 19.2 Å². The van der Waals surface area contributed by atoms with Crippen molar-refractivity contribution in [1.29, 1.82) is 0 Å². The van der Waals surface area contributed by atoms with Crippen molar-refractivity contribution in [2.24, 2.45) is 0 Å². The molecule has 150 valence electrons. The van der Waals surface area contributed by atoms with Crippen LogP contribution in [0.2, 0.25) is 0 Å². The van der Waals surface area contributed by atoms with Crippen molar-refractivity contribution in [1.82, 2.24) is 0 Å². The van der Waals surface area contributed by atoms with E-state index in [1.54, 1.807) is 12.1 Å². The van der Waals surface area contributed by atoms with Gasteiger partial charge in [0.2, 0.25) is 0 Å². The van der Waals surface area contributed by atoms with E-state index < -0.39 is 38.0 Å². The van der Waals surface area contributed by atoms with E-state index in [9.17, 15) is 23.3 Å². The number of rotatable bonds is 9. The number of carbonyl (C=O) groups excluding carboxylic acids is 1. The smallest absolute Gasteiger partial charge is 0.326 e. The predicted octanol–water partition coefficient (Wildman–Crippen LogP) is 2.75. The lowest BCUT2D eigenvalue weighted by molar-refractivity contribution is -0.387. The lowest BCUT2D eigenvalue weighted by Gasteiger charge is -2.23. The molecule has 0 aromatic heterocycles. The third-order valence-corrected chi connectivity index (χ3v) is 5.55. The molecule has 2 aromatic carbocycles. The van der Waals surface area contributed by atoms with E-state index in [4.69, 9.17) is 4.74 Å². The summed E-state index contributed by atoms with van der Waals surface area (Å²) in [5.74, 6) is -0.278. The number of para-hydroxylation sites is 1. The summed E-state index contributed by atoms with van der Waals surface area (Å²) in [7, 11) is -3.29. The molecule has 0 aliphatic rings. The molecule has 0 saturated heterocycles. The summed E-state index contributed by atoms with van der Waals surface area (Å²) in [6.07, 6.45) is 0.808. The van der Waals surface area contributed by atoms with Crippen molar-refractivity contribution in [3.05, 3.63) is 58.6 Å². The van der Waals surface area contributed by atoms with E-state index in [-0.39, 0.29) is 5.69 Å². The van der Waals surface area contributed by atoms with Gasteiger partial charge in [0.05, 0.1) is 24.3 Å². The van der Waals surface area contributed by atoms with Crippen LogP contribution in [0.3, 0.4) is 0 Å². The zero-order valence-corrected chi connectivity index (χ0v) is 16.2. The number of hydrogen-bond acceptors (Lipinski definition) is 7. The molecule has 0 aliphatic carbocycles. The molecule has 0 fully saturated rings. The third kappa shape index (κ3) is 4.77. The molecule has 0 unspecified atom stereocenters. The Hall–Kier alpha value is -3.14. The van der Waals surface area contributed by atoms with Gasteiger partial charge in [-0.25, -0.2) is 8.42 Å². The summed E-state index contributed by atoms with van der Waals surface area (Å²) in [6, 6.07) is 11.0. The van der Waals surface area contributed by atoms with Crippen molar-refractivity contribution in [2.75, 3.05) is 24.6 Å². The maximum atomic E-state index is 13.1. The average Bonchev–Trinajstić information content (AvgIpc) is 2.70. The first-order valence-electron chi connectivity index (χ1n) is 8.37. The van der Waals surface area contributed by atoms with Gasteiger partial charge in [0.25, 0.3) is 15.7 Å². The highest BCUT2D eigenvalue weighted by Crippen LogP contribution is 2.30. The lowest BCUT2D eigenvalue weighted by atomic mass is 10.3. The number of nitro groups is 1. The summed E-state index contributed by atoms with van der Waals surface area (Å²) in [6.45, 7) is 1.81. The van der Waals surface area contributed by atoms with Crippen LogP contribution >= 0.6 is 0 Å². The quantitative estimate of drug-likeness (QED) is 0.356. The van der Waals surface area contributed by atoms with Crippen LogP contribution in [-0.2, 0) is 19.6 Å². The minimum atomic E-state index is -4.41. The molecule has 0 atom stereocenters. The van der Waals surface area contributed by atoms with Gasteiger partial charge >= 0.3 is 5.97 Å². The van der Waals surface area contributed by atoms with Gasteiger partial charge in [0.15, 0.2) is 4.90 Å². The number of anilines is 1. The molecule has 0 amide bonds. The van der Waals surface area contributed by atoms with Gasteiger partial charge in [-0.2, -0.15) is 0 Å². The fraction of sp³-hybridized carbons (Fsp3) is 0.278. The van der Waals surface area contributed by atoms with Crippen LogP contribution in [0.15, 0.2) is 53.4 Å². The number of ether oxygens (including phenoxy) is 2. The normalized spacial score (nSPS) is 10.9. The van der Waals surface area contributed by atoms with Crippen LogP contribution in [-0.4, -0.2) is 39.6 Å². The Bertz CT molecular complexity index is 943. The zero-order valence-electron chi connectivity index (χ0n) is 15.4. The molecule has 0 radical (unpaired) electrons. The largest absolute Gasteiger partial charge is 0.494 e. The molecular formula is C18H20N2O7S. The minimum absolute atomic E-state index is 0.146. The molecule has 10 heteroatoms. The number of nitrogens with zero attached hydrogens (tertiary/aromatic N) is 2. The summed E-state index contributed by atoms with van der Waals surface area (Å²) < 4.78 is 37.1. The third-order valence-electron chi connectivity index (χ3n) is 3.73. The van der Waals surface area contributed by atoms with Crippen molar-refractivity contribution in [2.45, 2.75) is 18.2 Å². The Morgan fingerprint density at radius 2 is 1.79 bits per heavy atom. The highest BCUT2D eigenvalue weighted by molar-refractivity contribution is 7.93. The number of sulfonamides is 1. The topological polar surface area (TPSA) is 116 Å². The highest BCUT2D eigenvalue weighted by atomic mass is 32.2. The maximum absolute atomic E-state index is 13.1. The van der Waals surface area contributed by atoms with Gasteiger partial charge in [0.1, 0.15) is 12.3 Å². The van der Waals surface area contributed by atoms with E-state index in [2.05, 4.69) is 4.74 Å². The summed E-state index contributed by atoms with van der Waals surface area (Å²) in [5.41, 5.74) is -0.437. The number of methoxy groups -OCH3 is 1. The fourth-order valence-corrected chi connectivity index (χ4v) is 3.94. The van der Waals surface area contributed by atoms with E-state index in [1.807, 2.05) is 6.92 Å². The van der Waals surface area contributed by atoms with Crippen molar-refractivity contribution < 1.29 is 27.6 Å². The maximum Gasteiger partial charge on any atom is 0.326 e. The van der Waals surface area contributed by atoms with Crippen molar-refractivity contribution in [3.8, 4) is 5.75 Å². The summed E-state index contributed by atoms with van der Waals surface area (Å²) in [4.78, 5) is 21.8. The Kier molecular flexibility index (Phi) is 6.94. The molecular weight excluding hydrogens is 388 g/mol. The first-order chi connectivity index (χ1) is 13.3. The summed E-state index contributed by atoms with van der Waals surface area (Å²) >= 11 is 0. The molecule has 2 rings (SSSR count). The molecule has 9 nitrogen and oxygen atoms in total. The van der Waals surface area contributed by atoms with Crippen LogP contribution in [0.4, 0.5) is 11.4 Å². The minimum Gasteiger partial charge on any atom is -0.494 e. The van der Waals surface area contributed by atoms with E-state index in [0.717, 1.165) is 30.0 Å². The Balaban J connectivity index is 2.51. The highest BCUT2D eigenvalue weighted by Gasteiger charge is 2.33. The van der Waals surface area contributed by atoms with Crippen molar-refractivity contribution >= 4 is 27.4 Å². The second kappa shape index (κ2) is 9.18. The van der Waals surface area contributed by atoms with Gasteiger partial charge in [-0.1, -0.05) is 19.1 Å². The van der Waals surface area contributed by atoms with Gasteiger partial charge in [-0.15, -0.1) is 0 Å². The number of esters is 1. The van der Waals surface area contributed by atoms with E-state index in [1.165, 1.54) is 24.3 Å². The Morgan fingerprint density at radius 1 is 1.14 bits per heavy atom. The number of benzene rings is 2. The zero-order chi connectivity index (χ0) is 20.7. The first kappa shape index (κ1) is 21.2. The first-order valence-corrected chi connectivity index (χ1v) is 9.81. The average molecular weight is 408 g/mol. The van der Waals surface area contributed by atoms with Crippen LogP contribution in [0, 0.1) is 10.1 Å². The number of hydrogen-bond donors (Lipinski definition) is 0. The lowest BCUT2D eigenvalue weighted by Crippen LogP contribution is -2.36. The predicted molar refractivity (Wildman–Crippen MR) is 102 cm³/mol. The SMILES string of the molecule is CCCOc1ccc(N(CC(=O)OC)S(=O)(=O)c2ccccc2[N+](=O)[O-])cc1. The van der Waals surface area contributed by atoms with Gasteiger partial charge < -0.3 is 9.47 Å². The van der Waals surface area contributed by atoms with Crippen LogP contribution in [0.25, 0.3) is 0 Å². The molecule has 0 spiro atoms. The van der Waals surface area contributed by atoms with Gasteiger partial charge in [0, 0.05) is 6.07 Å². The monoisotopic (exact) mass is 408 g/mol. The molecule has 0 aliphatic heterocycles. The molecule has 0 N–H and O–H groups in total. The molecule has 2 aromatic rings. The van der Waals surface area contributed by atoms with E-state index >= 15 is 0 Å². The standard InChI is InChI=1S/C18H20N2O7S/c1-3-12-27-15-10-8-14(9-11-15)19(13-18(21)26-2)28(24,25)17-7-5-4-6-16(17)20(22)23/h4-11H,3,12-13H2,1-2H3. The molecule has 0 bridgehead atoms. The summed E-state index contributed by atoms with van der Waals surface area (Å²) in [5, 5.41) is 11.3. The molecule has 0 heterocycles. The van der Waals surface area contributed by atoms with Crippen LogP contribution in [0.1, 0.15) is 13.3 Å². The molecule has 0 saturated carbocycles. The number of nitro benzene ring substituents is 1. The van der Waals surface area contributed by atoms with Crippen LogP contribution < -0.4 is 9.04 Å². The Morgan fingerprint density at radius 3 is 2.36 bits per heavy atom. The second-order valence-electron chi connectivity index (χ2n) is 5.66. The van der Waals surface area contributed by atoms with E-state index in [0.29, 0.717) is 12.4 Å². The second-order valence-corrected chi connectivity index (χ2v) is 7.49. The van der Waals surface area contributed by atoms with Crippen molar-refractivity contribution in [3.63, 3.8) is 0 Å². The Labute approximate surface area is 162 Å². The fourth-order valence-electron chi connectivity index (χ4n) is 2.37.